The van der Waals surface area contributed by atoms with Crippen molar-refractivity contribution in [3.63, 3.8) is 0 Å². The fourth-order valence-corrected chi connectivity index (χ4v) is 4.07. The highest BCUT2D eigenvalue weighted by atomic mass is 32.2. The fourth-order valence-electron chi connectivity index (χ4n) is 2.69. The first-order valence-corrected chi connectivity index (χ1v) is 8.97. The van der Waals surface area contributed by atoms with E-state index in [0.717, 1.165) is 11.1 Å². The van der Waals surface area contributed by atoms with Crippen molar-refractivity contribution in [1.29, 1.82) is 0 Å². The van der Waals surface area contributed by atoms with Gasteiger partial charge in [-0.15, -0.1) is 0 Å². The predicted octanol–water partition coefficient (Wildman–Crippen LogP) is 2.88. The van der Waals surface area contributed by atoms with Crippen molar-refractivity contribution in [3.05, 3.63) is 41.5 Å². The van der Waals surface area contributed by atoms with Crippen molar-refractivity contribution < 1.29 is 22.6 Å². The molecule has 128 valence electrons. The molecule has 0 unspecified atom stereocenters. The van der Waals surface area contributed by atoms with Crippen molar-refractivity contribution in [1.82, 2.24) is 0 Å². The first-order chi connectivity index (χ1) is 11.4. The van der Waals surface area contributed by atoms with E-state index in [2.05, 4.69) is 4.72 Å². The van der Waals surface area contributed by atoms with Crippen LogP contribution in [0.4, 0.5) is 5.69 Å². The number of methoxy groups -OCH3 is 1. The van der Waals surface area contributed by atoms with Gasteiger partial charge in [-0.25, -0.2) is 8.42 Å². The number of rotatable bonds is 4. The van der Waals surface area contributed by atoms with Crippen LogP contribution in [0.1, 0.15) is 11.1 Å². The fraction of sp³-hybridized carbons (Fsp3) is 0.294. The molecular weight excluding hydrogens is 330 g/mol. The Morgan fingerprint density at radius 3 is 2.46 bits per heavy atom. The lowest BCUT2D eigenvalue weighted by Crippen LogP contribution is -2.17. The van der Waals surface area contributed by atoms with E-state index in [0.29, 0.717) is 36.1 Å². The SMILES string of the molecule is COc1c(C)cc(C)cc1S(=O)(=O)Nc1ccc2c(c1)OCCO2. The van der Waals surface area contributed by atoms with Crippen LogP contribution in [0.15, 0.2) is 35.2 Å². The van der Waals surface area contributed by atoms with E-state index < -0.39 is 10.0 Å². The molecule has 1 aliphatic heterocycles. The number of benzene rings is 2. The maximum atomic E-state index is 12.8. The molecule has 0 saturated heterocycles. The third-order valence-corrected chi connectivity index (χ3v) is 5.06. The number of fused-ring (bicyclic) bond motifs is 1. The molecule has 3 rings (SSSR count). The summed E-state index contributed by atoms with van der Waals surface area (Å²) in [7, 11) is -2.34. The zero-order chi connectivity index (χ0) is 17.3. The van der Waals surface area contributed by atoms with Crippen LogP contribution >= 0.6 is 0 Å². The summed E-state index contributed by atoms with van der Waals surface area (Å²) in [6.45, 7) is 4.58. The molecular formula is C17H19NO5S. The van der Waals surface area contributed by atoms with Gasteiger partial charge in [-0.1, -0.05) is 6.07 Å². The molecule has 2 aromatic rings. The number of ether oxygens (including phenoxy) is 3. The highest BCUT2D eigenvalue weighted by Crippen LogP contribution is 2.35. The van der Waals surface area contributed by atoms with Crippen molar-refractivity contribution in [2.45, 2.75) is 18.7 Å². The van der Waals surface area contributed by atoms with Crippen molar-refractivity contribution in [2.75, 3.05) is 25.0 Å². The average molecular weight is 349 g/mol. The van der Waals surface area contributed by atoms with E-state index in [9.17, 15) is 8.42 Å². The summed E-state index contributed by atoms with van der Waals surface area (Å²) in [6, 6.07) is 8.40. The quantitative estimate of drug-likeness (QED) is 0.919. The van der Waals surface area contributed by atoms with Gasteiger partial charge in [-0.2, -0.15) is 0 Å². The second kappa shape index (κ2) is 6.24. The molecule has 0 atom stereocenters. The maximum absolute atomic E-state index is 12.8. The smallest absolute Gasteiger partial charge is 0.265 e. The molecule has 0 aliphatic carbocycles. The highest BCUT2D eigenvalue weighted by Gasteiger charge is 2.22. The van der Waals surface area contributed by atoms with E-state index in [4.69, 9.17) is 14.2 Å². The largest absolute Gasteiger partial charge is 0.495 e. The van der Waals surface area contributed by atoms with Gasteiger partial charge in [-0.3, -0.25) is 4.72 Å². The third-order valence-electron chi connectivity index (χ3n) is 3.67. The molecule has 2 aromatic carbocycles. The molecule has 7 heteroatoms. The van der Waals surface area contributed by atoms with Crippen LogP contribution in [0.3, 0.4) is 0 Å². The second-order valence-corrected chi connectivity index (χ2v) is 7.23. The van der Waals surface area contributed by atoms with Crippen LogP contribution < -0.4 is 18.9 Å². The highest BCUT2D eigenvalue weighted by molar-refractivity contribution is 7.92. The number of aryl methyl sites for hydroxylation is 2. The Labute approximate surface area is 141 Å². The molecule has 0 aromatic heterocycles. The zero-order valence-electron chi connectivity index (χ0n) is 13.8. The number of sulfonamides is 1. The first kappa shape index (κ1) is 16.4. The number of hydrogen-bond donors (Lipinski definition) is 1. The Morgan fingerprint density at radius 1 is 1.04 bits per heavy atom. The van der Waals surface area contributed by atoms with Crippen LogP contribution in [-0.4, -0.2) is 28.7 Å². The van der Waals surface area contributed by atoms with Gasteiger partial charge >= 0.3 is 0 Å². The number of hydrogen-bond acceptors (Lipinski definition) is 5. The zero-order valence-corrected chi connectivity index (χ0v) is 14.6. The van der Waals surface area contributed by atoms with Gasteiger partial charge in [0.1, 0.15) is 23.9 Å². The van der Waals surface area contributed by atoms with E-state index in [-0.39, 0.29) is 4.90 Å². The Balaban J connectivity index is 1.98. The maximum Gasteiger partial charge on any atom is 0.265 e. The number of anilines is 1. The summed E-state index contributed by atoms with van der Waals surface area (Å²) in [5, 5.41) is 0. The minimum atomic E-state index is -3.80. The molecule has 0 saturated carbocycles. The molecule has 1 aliphatic rings. The summed E-state index contributed by atoms with van der Waals surface area (Å²) >= 11 is 0. The van der Waals surface area contributed by atoms with Gasteiger partial charge in [-0.05, 0) is 43.2 Å². The summed E-state index contributed by atoms with van der Waals surface area (Å²) < 4.78 is 44.4. The van der Waals surface area contributed by atoms with Gasteiger partial charge in [0.15, 0.2) is 11.5 Å². The molecule has 0 amide bonds. The molecule has 1 N–H and O–H groups in total. The first-order valence-electron chi connectivity index (χ1n) is 7.48. The van der Waals surface area contributed by atoms with E-state index >= 15 is 0 Å². The third kappa shape index (κ3) is 3.12. The summed E-state index contributed by atoms with van der Waals surface area (Å²) in [5.74, 6) is 1.47. The summed E-state index contributed by atoms with van der Waals surface area (Å²) in [4.78, 5) is 0.109. The minimum absolute atomic E-state index is 0.109. The molecule has 0 spiro atoms. The summed E-state index contributed by atoms with van der Waals surface area (Å²) in [5.41, 5.74) is 2.01. The minimum Gasteiger partial charge on any atom is -0.495 e. The van der Waals surface area contributed by atoms with Crippen LogP contribution in [0.2, 0.25) is 0 Å². The van der Waals surface area contributed by atoms with Gasteiger partial charge < -0.3 is 14.2 Å². The molecule has 0 radical (unpaired) electrons. The normalized spacial score (nSPS) is 13.5. The van der Waals surface area contributed by atoms with Gasteiger partial charge in [0.25, 0.3) is 10.0 Å². The predicted molar refractivity (Wildman–Crippen MR) is 90.7 cm³/mol. The van der Waals surface area contributed by atoms with Crippen molar-refractivity contribution >= 4 is 15.7 Å². The molecule has 6 nitrogen and oxygen atoms in total. The lowest BCUT2D eigenvalue weighted by molar-refractivity contribution is 0.171. The average Bonchev–Trinajstić information content (AvgIpc) is 2.53. The molecule has 24 heavy (non-hydrogen) atoms. The van der Waals surface area contributed by atoms with E-state index in [1.165, 1.54) is 7.11 Å². The van der Waals surface area contributed by atoms with Crippen LogP contribution in [0, 0.1) is 13.8 Å². The second-order valence-electron chi connectivity index (χ2n) is 5.58. The van der Waals surface area contributed by atoms with Crippen LogP contribution in [0.5, 0.6) is 17.2 Å². The lowest BCUT2D eigenvalue weighted by atomic mass is 10.1. The Morgan fingerprint density at radius 2 is 1.75 bits per heavy atom. The standard InChI is InChI=1S/C17H19NO5S/c1-11-8-12(2)17(21-3)16(9-11)24(19,20)18-13-4-5-14-15(10-13)23-7-6-22-14/h4-5,8-10,18H,6-7H2,1-3H3. The van der Waals surface area contributed by atoms with Crippen LogP contribution in [-0.2, 0) is 10.0 Å². The van der Waals surface area contributed by atoms with E-state index in [1.807, 2.05) is 19.9 Å². The van der Waals surface area contributed by atoms with Crippen molar-refractivity contribution in [3.8, 4) is 17.2 Å². The Bertz CT molecular complexity index is 877. The monoisotopic (exact) mass is 349 g/mol. The van der Waals surface area contributed by atoms with Gasteiger partial charge in [0.2, 0.25) is 0 Å². The lowest BCUT2D eigenvalue weighted by Gasteiger charge is -2.19. The van der Waals surface area contributed by atoms with Crippen LogP contribution in [0.25, 0.3) is 0 Å². The summed E-state index contributed by atoms with van der Waals surface area (Å²) in [6.07, 6.45) is 0. The molecule has 0 bridgehead atoms. The van der Waals surface area contributed by atoms with Gasteiger partial charge in [0.05, 0.1) is 12.8 Å². The van der Waals surface area contributed by atoms with E-state index in [1.54, 1.807) is 24.3 Å². The Kier molecular flexibility index (Phi) is 4.28. The van der Waals surface area contributed by atoms with Gasteiger partial charge in [0, 0.05) is 6.07 Å². The Hall–Kier alpha value is -2.41. The van der Waals surface area contributed by atoms with Crippen molar-refractivity contribution in [2.24, 2.45) is 0 Å². The molecule has 1 heterocycles. The number of nitrogens with one attached hydrogen (secondary N) is 1. The topological polar surface area (TPSA) is 73.9 Å². The molecule has 0 fully saturated rings.